The summed E-state index contributed by atoms with van der Waals surface area (Å²) in [5.41, 5.74) is 0.245. The monoisotopic (exact) mass is 558 g/mol. The van der Waals surface area contributed by atoms with E-state index in [1.54, 1.807) is 14.2 Å². The van der Waals surface area contributed by atoms with Gasteiger partial charge in [-0.2, -0.15) is 13.2 Å². The summed E-state index contributed by atoms with van der Waals surface area (Å²) in [6, 6.07) is 5.80. The number of nitrogens with one attached hydrogen (secondary N) is 2. The lowest BCUT2D eigenvalue weighted by Crippen LogP contribution is -2.37. The van der Waals surface area contributed by atoms with Gasteiger partial charge < -0.3 is 20.1 Å². The van der Waals surface area contributed by atoms with Crippen molar-refractivity contribution < 1.29 is 22.6 Å². The Morgan fingerprint density at radius 1 is 1.17 bits per heavy atom. The van der Waals surface area contributed by atoms with E-state index in [1.165, 1.54) is 0 Å². The molecule has 0 unspecified atom stereocenters. The van der Waals surface area contributed by atoms with Gasteiger partial charge in [0.1, 0.15) is 5.01 Å². The molecule has 2 N–H and O–H groups in total. The molecule has 2 aromatic rings. The number of aliphatic imine (C=N–C) groups is 1. The molecule has 0 aliphatic rings. The molecule has 0 aliphatic heterocycles. The number of thiazole rings is 1. The lowest BCUT2D eigenvalue weighted by Gasteiger charge is -2.12. The molecule has 2 rings (SSSR count). The quantitative estimate of drug-likeness (QED) is 0.206. The first-order chi connectivity index (χ1) is 13.9. The third-order valence-electron chi connectivity index (χ3n) is 3.94. The third-order valence-corrected chi connectivity index (χ3v) is 4.78. The summed E-state index contributed by atoms with van der Waals surface area (Å²) >= 11 is 0.953. The van der Waals surface area contributed by atoms with Crippen molar-refractivity contribution in [3.63, 3.8) is 0 Å². The molecule has 30 heavy (non-hydrogen) atoms. The zero-order valence-corrected chi connectivity index (χ0v) is 20.2. The van der Waals surface area contributed by atoms with Crippen molar-refractivity contribution in [2.45, 2.75) is 32.5 Å². The van der Waals surface area contributed by atoms with Crippen molar-refractivity contribution >= 4 is 41.3 Å². The Labute approximate surface area is 195 Å². The Hall–Kier alpha value is -1.76. The predicted molar refractivity (Wildman–Crippen MR) is 123 cm³/mol. The molecule has 0 amide bonds. The van der Waals surface area contributed by atoms with Crippen molar-refractivity contribution in [3.8, 4) is 11.5 Å². The van der Waals surface area contributed by atoms with Crippen LogP contribution in [-0.2, 0) is 19.1 Å². The number of benzene rings is 1. The maximum absolute atomic E-state index is 12.6. The lowest BCUT2D eigenvalue weighted by atomic mass is 10.1. The van der Waals surface area contributed by atoms with Crippen LogP contribution in [0.15, 0.2) is 28.6 Å². The van der Waals surface area contributed by atoms with Crippen LogP contribution < -0.4 is 20.1 Å². The largest absolute Gasteiger partial charge is 0.493 e. The molecule has 0 aliphatic carbocycles. The van der Waals surface area contributed by atoms with Gasteiger partial charge in [0.2, 0.25) is 0 Å². The summed E-state index contributed by atoms with van der Waals surface area (Å²) in [7, 11) is 3.20. The second-order valence-electron chi connectivity index (χ2n) is 6.04. The van der Waals surface area contributed by atoms with Crippen molar-refractivity contribution in [1.29, 1.82) is 0 Å². The Bertz CT molecular complexity index is 815. The number of hydrogen-bond donors (Lipinski definition) is 2. The van der Waals surface area contributed by atoms with E-state index in [9.17, 15) is 13.2 Å². The summed E-state index contributed by atoms with van der Waals surface area (Å²) in [6.45, 7) is 3.32. The molecule has 6 nitrogen and oxygen atoms in total. The van der Waals surface area contributed by atoms with Crippen LogP contribution >= 0.6 is 35.3 Å². The molecule has 1 aromatic heterocycles. The minimum atomic E-state index is -4.43. The lowest BCUT2D eigenvalue weighted by molar-refractivity contribution is -0.140. The molecule has 0 saturated heterocycles. The van der Waals surface area contributed by atoms with E-state index >= 15 is 0 Å². The zero-order chi connectivity index (χ0) is 21.3. The zero-order valence-electron chi connectivity index (χ0n) is 17.0. The smallest absolute Gasteiger partial charge is 0.434 e. The van der Waals surface area contributed by atoms with E-state index in [2.05, 4.69) is 20.6 Å². The number of alkyl halides is 3. The topological polar surface area (TPSA) is 67.8 Å². The SMILES string of the molecule is CCNC(=NCc1nc(C(F)(F)F)cs1)NCCCc1ccc(OC)c(OC)c1.I. The van der Waals surface area contributed by atoms with Crippen molar-refractivity contribution in [1.82, 2.24) is 15.6 Å². The Balaban J connectivity index is 0.00000450. The van der Waals surface area contributed by atoms with Crippen LogP contribution in [0.2, 0.25) is 0 Å². The summed E-state index contributed by atoms with van der Waals surface area (Å²) in [5, 5.41) is 7.59. The van der Waals surface area contributed by atoms with Gasteiger partial charge in [-0.05, 0) is 37.5 Å². The first kappa shape index (κ1) is 26.3. The maximum Gasteiger partial charge on any atom is 0.434 e. The standard InChI is InChI=1S/C19H25F3N4O2S.HI/c1-4-23-18(25-11-17-26-16(12-29-17)19(20,21)22)24-9-5-6-13-7-8-14(27-2)15(10-13)28-3;/h7-8,10,12H,4-6,9,11H2,1-3H3,(H2,23,24,25);1H. The third kappa shape index (κ3) is 8.17. The van der Waals surface area contributed by atoms with Gasteiger partial charge in [-0.1, -0.05) is 6.07 Å². The highest BCUT2D eigenvalue weighted by Crippen LogP contribution is 2.30. The fourth-order valence-corrected chi connectivity index (χ4v) is 3.26. The number of rotatable bonds is 9. The molecule has 0 spiro atoms. The number of methoxy groups -OCH3 is 2. The van der Waals surface area contributed by atoms with Crippen LogP contribution in [0.1, 0.15) is 29.6 Å². The molecular formula is C19H26F3IN4O2S. The molecule has 0 saturated carbocycles. The summed E-state index contributed by atoms with van der Waals surface area (Å²) in [4.78, 5) is 7.90. The molecule has 11 heteroatoms. The Kier molecular flexibility index (Phi) is 11.2. The molecule has 0 fully saturated rings. The van der Waals surface area contributed by atoms with Crippen LogP contribution in [0, 0.1) is 0 Å². The van der Waals surface area contributed by atoms with E-state index in [4.69, 9.17) is 9.47 Å². The van der Waals surface area contributed by atoms with Gasteiger partial charge in [-0.15, -0.1) is 35.3 Å². The first-order valence-corrected chi connectivity index (χ1v) is 10.00. The van der Waals surface area contributed by atoms with E-state index < -0.39 is 11.9 Å². The van der Waals surface area contributed by atoms with Crippen LogP contribution in [0.25, 0.3) is 0 Å². The second kappa shape index (κ2) is 12.8. The van der Waals surface area contributed by atoms with Crippen LogP contribution in [-0.4, -0.2) is 38.3 Å². The van der Waals surface area contributed by atoms with Crippen LogP contribution in [0.5, 0.6) is 11.5 Å². The fourth-order valence-electron chi connectivity index (χ4n) is 2.54. The molecule has 0 radical (unpaired) electrons. The van der Waals surface area contributed by atoms with Crippen molar-refractivity contribution in [2.24, 2.45) is 4.99 Å². The average molecular weight is 558 g/mol. The highest BCUT2D eigenvalue weighted by molar-refractivity contribution is 14.0. The molecule has 1 aromatic carbocycles. The number of guanidine groups is 1. The highest BCUT2D eigenvalue weighted by atomic mass is 127. The number of hydrogen-bond acceptors (Lipinski definition) is 5. The molecular weight excluding hydrogens is 532 g/mol. The molecule has 168 valence electrons. The van der Waals surface area contributed by atoms with Gasteiger partial charge >= 0.3 is 6.18 Å². The fraction of sp³-hybridized carbons (Fsp3) is 0.474. The number of aromatic nitrogens is 1. The van der Waals surface area contributed by atoms with E-state index in [0.717, 1.165) is 35.1 Å². The van der Waals surface area contributed by atoms with Gasteiger partial charge in [0.15, 0.2) is 23.2 Å². The van der Waals surface area contributed by atoms with Crippen molar-refractivity contribution in [2.75, 3.05) is 27.3 Å². The predicted octanol–water partition coefficient (Wildman–Crippen LogP) is 4.49. The van der Waals surface area contributed by atoms with E-state index in [-0.39, 0.29) is 30.5 Å². The summed E-state index contributed by atoms with van der Waals surface area (Å²) in [6.07, 6.45) is -2.76. The minimum absolute atomic E-state index is 0. The van der Waals surface area contributed by atoms with Crippen LogP contribution in [0.3, 0.4) is 0 Å². The maximum atomic E-state index is 12.6. The second-order valence-corrected chi connectivity index (χ2v) is 6.98. The average Bonchev–Trinajstić information content (AvgIpc) is 3.18. The van der Waals surface area contributed by atoms with E-state index in [1.807, 2.05) is 25.1 Å². The number of nitrogens with zero attached hydrogens (tertiary/aromatic N) is 2. The van der Waals surface area contributed by atoms with Gasteiger partial charge in [0.05, 0.1) is 20.8 Å². The van der Waals surface area contributed by atoms with Crippen molar-refractivity contribution in [3.05, 3.63) is 39.8 Å². The van der Waals surface area contributed by atoms with Gasteiger partial charge in [-0.25, -0.2) is 9.98 Å². The minimum Gasteiger partial charge on any atom is -0.493 e. The first-order valence-electron chi connectivity index (χ1n) is 9.12. The summed E-state index contributed by atoms with van der Waals surface area (Å²) < 4.78 is 48.4. The van der Waals surface area contributed by atoms with Gasteiger partial charge in [-0.3, -0.25) is 0 Å². The van der Waals surface area contributed by atoms with Crippen LogP contribution in [0.4, 0.5) is 13.2 Å². The normalized spacial score (nSPS) is 11.6. The number of ether oxygens (including phenoxy) is 2. The summed E-state index contributed by atoms with van der Waals surface area (Å²) in [5.74, 6) is 1.92. The van der Waals surface area contributed by atoms with Gasteiger partial charge in [0.25, 0.3) is 0 Å². The molecule has 0 atom stereocenters. The van der Waals surface area contributed by atoms with E-state index in [0.29, 0.717) is 35.6 Å². The Morgan fingerprint density at radius 3 is 2.50 bits per heavy atom. The molecule has 1 heterocycles. The highest BCUT2D eigenvalue weighted by Gasteiger charge is 2.33. The van der Waals surface area contributed by atoms with Gasteiger partial charge in [0, 0.05) is 18.5 Å². The number of halogens is 4. The number of aryl methyl sites for hydroxylation is 1. The Morgan fingerprint density at radius 2 is 1.90 bits per heavy atom. The molecule has 0 bridgehead atoms.